The van der Waals surface area contributed by atoms with Crippen LogP contribution >= 0.6 is 0 Å². The summed E-state index contributed by atoms with van der Waals surface area (Å²) in [5, 5.41) is 20.4. The molecular weight excluding hydrogens is 208 g/mol. The van der Waals surface area contributed by atoms with Crippen LogP contribution in [-0.2, 0) is 6.42 Å². The van der Waals surface area contributed by atoms with Crippen LogP contribution in [-0.4, -0.2) is 16.1 Å². The van der Waals surface area contributed by atoms with Crippen molar-refractivity contribution in [2.75, 3.05) is 0 Å². The van der Waals surface area contributed by atoms with Gasteiger partial charge in [0.2, 0.25) is 0 Å². The van der Waals surface area contributed by atoms with E-state index in [1.807, 2.05) is 0 Å². The van der Waals surface area contributed by atoms with Crippen LogP contribution in [0, 0.1) is 10.1 Å². The van der Waals surface area contributed by atoms with Gasteiger partial charge in [0, 0.05) is 12.1 Å². The second kappa shape index (κ2) is 4.19. The molecule has 0 unspecified atom stereocenters. The first kappa shape index (κ1) is 11.0. The molecule has 2 rings (SSSR count). The van der Waals surface area contributed by atoms with Crippen LogP contribution in [0.2, 0.25) is 0 Å². The molecule has 0 aliphatic heterocycles. The summed E-state index contributed by atoms with van der Waals surface area (Å²) in [6.45, 7) is 0. The maximum absolute atomic E-state index is 10.7. The number of rotatable bonds is 1. The molecule has 0 aromatic heterocycles. The molecule has 0 saturated carbocycles. The number of aliphatic hydroxyl groups excluding tert-OH is 1. The van der Waals surface area contributed by atoms with Crippen LogP contribution in [0.4, 0.5) is 5.69 Å². The van der Waals surface area contributed by atoms with E-state index >= 15 is 0 Å². The lowest BCUT2D eigenvalue weighted by Crippen LogP contribution is -2.25. The Morgan fingerprint density at radius 2 is 2.25 bits per heavy atom. The molecule has 0 saturated heterocycles. The zero-order chi connectivity index (χ0) is 11.7. The minimum Gasteiger partial charge on any atom is -0.391 e. The Bertz CT molecular complexity index is 420. The van der Waals surface area contributed by atoms with Gasteiger partial charge in [-0.05, 0) is 30.4 Å². The summed E-state index contributed by atoms with van der Waals surface area (Å²) < 4.78 is 0. The molecule has 0 spiro atoms. The first-order valence-corrected chi connectivity index (χ1v) is 5.30. The van der Waals surface area contributed by atoms with Crippen LogP contribution in [0.5, 0.6) is 0 Å². The molecule has 1 aliphatic carbocycles. The molecule has 0 fully saturated rings. The van der Waals surface area contributed by atoms with Crippen molar-refractivity contribution in [1.82, 2.24) is 0 Å². The number of nitrogens with two attached hydrogens (primary N) is 1. The summed E-state index contributed by atoms with van der Waals surface area (Å²) in [6, 6.07) is 4.20. The molecule has 0 heterocycles. The van der Waals surface area contributed by atoms with Crippen molar-refractivity contribution in [3.63, 3.8) is 0 Å². The second-order valence-electron chi connectivity index (χ2n) is 4.13. The van der Waals surface area contributed by atoms with E-state index in [1.54, 1.807) is 6.07 Å². The lowest BCUT2D eigenvalue weighted by atomic mass is 9.98. The normalized spacial score (nSPS) is 24.6. The highest BCUT2D eigenvalue weighted by Crippen LogP contribution is 2.30. The van der Waals surface area contributed by atoms with E-state index in [1.165, 1.54) is 12.1 Å². The Hall–Kier alpha value is -1.46. The number of hydrogen-bond donors (Lipinski definition) is 2. The maximum atomic E-state index is 10.7. The largest absolute Gasteiger partial charge is 0.391 e. The number of non-ortho nitro benzene ring substituents is 1. The molecule has 1 aromatic carbocycles. The van der Waals surface area contributed by atoms with Gasteiger partial charge in [0.25, 0.3) is 5.69 Å². The Morgan fingerprint density at radius 3 is 2.94 bits per heavy atom. The topological polar surface area (TPSA) is 89.4 Å². The fraction of sp³-hybridized carbons (Fsp3) is 0.455. The van der Waals surface area contributed by atoms with Gasteiger partial charge in [-0.3, -0.25) is 10.1 Å². The summed E-state index contributed by atoms with van der Waals surface area (Å²) in [5.74, 6) is 0. The van der Waals surface area contributed by atoms with E-state index in [4.69, 9.17) is 5.73 Å². The number of benzene rings is 1. The molecule has 5 heteroatoms. The second-order valence-corrected chi connectivity index (χ2v) is 4.13. The highest BCUT2D eigenvalue weighted by atomic mass is 16.6. The third-order valence-corrected chi connectivity index (χ3v) is 3.06. The zero-order valence-electron chi connectivity index (χ0n) is 8.80. The lowest BCUT2D eigenvalue weighted by molar-refractivity contribution is -0.385. The Kier molecular flexibility index (Phi) is 2.89. The summed E-state index contributed by atoms with van der Waals surface area (Å²) in [5.41, 5.74) is 7.63. The number of aryl methyl sites for hydroxylation is 1. The Labute approximate surface area is 93.0 Å². The van der Waals surface area contributed by atoms with E-state index in [0.29, 0.717) is 12.0 Å². The van der Waals surface area contributed by atoms with E-state index < -0.39 is 17.1 Å². The van der Waals surface area contributed by atoms with Gasteiger partial charge < -0.3 is 10.8 Å². The number of fused-ring (bicyclic) bond motifs is 1. The molecule has 1 aromatic rings. The van der Waals surface area contributed by atoms with Crippen molar-refractivity contribution < 1.29 is 10.0 Å². The third-order valence-electron chi connectivity index (χ3n) is 3.06. The number of nitrogens with zero attached hydrogens (tertiary/aromatic N) is 1. The molecule has 0 radical (unpaired) electrons. The molecule has 86 valence electrons. The summed E-state index contributed by atoms with van der Waals surface area (Å²) in [6.07, 6.45) is 1.71. The fourth-order valence-electron chi connectivity index (χ4n) is 2.12. The zero-order valence-corrected chi connectivity index (χ0v) is 8.80. The lowest BCUT2D eigenvalue weighted by Gasteiger charge is -2.17. The average Bonchev–Trinajstić information content (AvgIpc) is 2.40. The van der Waals surface area contributed by atoms with Crippen molar-refractivity contribution in [3.05, 3.63) is 39.4 Å². The first-order chi connectivity index (χ1) is 7.59. The molecule has 2 atom stereocenters. The smallest absolute Gasteiger partial charge is 0.269 e. The quantitative estimate of drug-likeness (QED) is 0.425. The van der Waals surface area contributed by atoms with Gasteiger partial charge in [-0.15, -0.1) is 0 Å². The van der Waals surface area contributed by atoms with Gasteiger partial charge >= 0.3 is 0 Å². The molecule has 16 heavy (non-hydrogen) atoms. The molecular formula is C11H14N2O3. The van der Waals surface area contributed by atoms with Gasteiger partial charge in [0.1, 0.15) is 0 Å². The van der Waals surface area contributed by atoms with Gasteiger partial charge in [-0.25, -0.2) is 0 Å². The Morgan fingerprint density at radius 1 is 1.50 bits per heavy atom. The van der Waals surface area contributed by atoms with Crippen molar-refractivity contribution in [3.8, 4) is 0 Å². The van der Waals surface area contributed by atoms with E-state index in [2.05, 4.69) is 0 Å². The first-order valence-electron chi connectivity index (χ1n) is 5.30. The summed E-state index contributed by atoms with van der Waals surface area (Å²) in [4.78, 5) is 10.2. The average molecular weight is 222 g/mol. The Balaban J connectivity index is 2.46. The van der Waals surface area contributed by atoms with Gasteiger partial charge in [-0.2, -0.15) is 0 Å². The number of aliphatic hydroxyl groups is 1. The highest BCUT2D eigenvalue weighted by Gasteiger charge is 2.24. The maximum Gasteiger partial charge on any atom is 0.269 e. The number of nitro benzene ring substituents is 1. The van der Waals surface area contributed by atoms with Crippen molar-refractivity contribution >= 4 is 5.69 Å². The van der Waals surface area contributed by atoms with Crippen molar-refractivity contribution in [2.24, 2.45) is 5.73 Å². The van der Waals surface area contributed by atoms with Gasteiger partial charge in [-0.1, -0.05) is 6.07 Å². The standard InChI is InChI=1S/C11H14N2O3/c12-11-9-6-8(13(15)16)5-4-7(9)2-1-3-10(11)14/h4-6,10-11,14H,1-3,12H2/t10-,11-/m1/s1. The highest BCUT2D eigenvalue weighted by molar-refractivity contribution is 5.42. The third kappa shape index (κ3) is 1.91. The molecule has 3 N–H and O–H groups in total. The van der Waals surface area contributed by atoms with Gasteiger partial charge in [0.05, 0.1) is 17.1 Å². The van der Waals surface area contributed by atoms with Gasteiger partial charge in [0.15, 0.2) is 0 Å². The van der Waals surface area contributed by atoms with Crippen LogP contribution in [0.25, 0.3) is 0 Å². The van der Waals surface area contributed by atoms with E-state index in [0.717, 1.165) is 18.4 Å². The molecule has 0 amide bonds. The van der Waals surface area contributed by atoms with Crippen molar-refractivity contribution in [2.45, 2.75) is 31.4 Å². The van der Waals surface area contributed by atoms with E-state index in [-0.39, 0.29) is 5.69 Å². The van der Waals surface area contributed by atoms with Crippen LogP contribution in [0.1, 0.15) is 30.0 Å². The van der Waals surface area contributed by atoms with Crippen molar-refractivity contribution in [1.29, 1.82) is 0 Å². The number of nitro groups is 1. The monoisotopic (exact) mass is 222 g/mol. The molecule has 5 nitrogen and oxygen atoms in total. The number of hydrogen-bond acceptors (Lipinski definition) is 4. The summed E-state index contributed by atoms with van der Waals surface area (Å²) in [7, 11) is 0. The summed E-state index contributed by atoms with van der Waals surface area (Å²) >= 11 is 0. The van der Waals surface area contributed by atoms with Crippen LogP contribution in [0.15, 0.2) is 18.2 Å². The minimum absolute atomic E-state index is 0.0308. The SMILES string of the molecule is N[C@@H]1c2cc([N+](=O)[O-])ccc2CCC[C@H]1O. The van der Waals surface area contributed by atoms with Crippen LogP contribution in [0.3, 0.4) is 0 Å². The predicted octanol–water partition coefficient (Wildman–Crippen LogP) is 1.29. The molecule has 1 aliphatic rings. The molecule has 0 bridgehead atoms. The van der Waals surface area contributed by atoms with E-state index in [9.17, 15) is 15.2 Å². The van der Waals surface area contributed by atoms with Crippen LogP contribution < -0.4 is 5.73 Å². The minimum atomic E-state index is -0.608. The fourth-order valence-corrected chi connectivity index (χ4v) is 2.12. The predicted molar refractivity (Wildman–Crippen MR) is 59.0 cm³/mol.